The fourth-order valence-corrected chi connectivity index (χ4v) is 3.28. The lowest BCUT2D eigenvalue weighted by Gasteiger charge is -2.20. The van der Waals surface area contributed by atoms with Crippen LogP contribution in [-0.2, 0) is 4.79 Å². The zero-order chi connectivity index (χ0) is 15.3. The van der Waals surface area contributed by atoms with Gasteiger partial charge in [-0.05, 0) is 37.1 Å². The Kier molecular flexibility index (Phi) is 2.79. The van der Waals surface area contributed by atoms with Gasteiger partial charge in [-0.1, -0.05) is 0 Å². The highest BCUT2D eigenvalue weighted by Crippen LogP contribution is 2.32. The van der Waals surface area contributed by atoms with Crippen molar-refractivity contribution in [3.05, 3.63) is 36.3 Å². The Labute approximate surface area is 127 Å². The third-order valence-corrected chi connectivity index (χ3v) is 4.33. The molecule has 2 aromatic heterocycles. The number of imidazole rings is 1. The van der Waals surface area contributed by atoms with Crippen molar-refractivity contribution >= 4 is 27.8 Å². The molecule has 6 heteroatoms. The average Bonchev–Trinajstić information content (AvgIpc) is 3.13. The van der Waals surface area contributed by atoms with E-state index in [9.17, 15) is 10.0 Å². The zero-order valence-electron chi connectivity index (χ0n) is 12.2. The van der Waals surface area contributed by atoms with E-state index in [1.54, 1.807) is 19.2 Å². The highest BCUT2D eigenvalue weighted by Gasteiger charge is 2.31. The van der Waals surface area contributed by atoms with E-state index in [0.29, 0.717) is 11.3 Å². The van der Waals surface area contributed by atoms with Crippen LogP contribution >= 0.6 is 0 Å². The number of likely N-dealkylation sites (tertiary alicyclic amines) is 1. The van der Waals surface area contributed by atoms with E-state index >= 15 is 0 Å². The molecule has 1 fully saturated rings. The van der Waals surface area contributed by atoms with E-state index in [2.05, 4.69) is 9.97 Å². The average molecular weight is 296 g/mol. The number of fused-ring (bicyclic) bond motifs is 3. The van der Waals surface area contributed by atoms with Crippen LogP contribution in [0, 0.1) is 0 Å². The van der Waals surface area contributed by atoms with Gasteiger partial charge in [-0.15, -0.1) is 0 Å². The Morgan fingerprint density at radius 2 is 2.18 bits per heavy atom. The summed E-state index contributed by atoms with van der Waals surface area (Å²) >= 11 is 0. The molecule has 1 aliphatic heterocycles. The van der Waals surface area contributed by atoms with E-state index in [4.69, 9.17) is 0 Å². The van der Waals surface area contributed by atoms with Crippen LogP contribution in [-0.4, -0.2) is 37.3 Å². The van der Waals surface area contributed by atoms with Crippen LogP contribution in [0.5, 0.6) is 0 Å². The van der Waals surface area contributed by atoms with Crippen LogP contribution in [0.2, 0.25) is 0 Å². The van der Waals surface area contributed by atoms with Crippen LogP contribution in [0.1, 0.15) is 31.6 Å². The Morgan fingerprint density at radius 3 is 3.00 bits per heavy atom. The topological polar surface area (TPSA) is 71.2 Å². The predicted octanol–water partition coefficient (Wildman–Crippen LogP) is 2.51. The lowest BCUT2D eigenvalue weighted by atomic mass is 10.2. The Morgan fingerprint density at radius 1 is 1.32 bits per heavy atom. The Hall–Kier alpha value is -2.63. The molecule has 112 valence electrons. The van der Waals surface area contributed by atoms with E-state index in [-0.39, 0.29) is 11.9 Å². The second-order valence-electron chi connectivity index (χ2n) is 5.67. The molecule has 0 spiro atoms. The number of rotatable bonds is 1. The second-order valence-corrected chi connectivity index (χ2v) is 5.67. The summed E-state index contributed by atoms with van der Waals surface area (Å²) in [7, 11) is 0. The van der Waals surface area contributed by atoms with Gasteiger partial charge in [-0.2, -0.15) is 4.73 Å². The summed E-state index contributed by atoms with van der Waals surface area (Å²) in [4.78, 5) is 22.9. The summed E-state index contributed by atoms with van der Waals surface area (Å²) in [5, 5.41) is 10.7. The molecule has 3 heterocycles. The van der Waals surface area contributed by atoms with Gasteiger partial charge in [0.1, 0.15) is 5.52 Å². The Balaban J connectivity index is 1.89. The van der Waals surface area contributed by atoms with Gasteiger partial charge >= 0.3 is 0 Å². The van der Waals surface area contributed by atoms with E-state index in [0.717, 1.165) is 40.5 Å². The monoisotopic (exact) mass is 296 g/mol. The van der Waals surface area contributed by atoms with Crippen LogP contribution in [0.25, 0.3) is 21.9 Å². The van der Waals surface area contributed by atoms with Crippen molar-refractivity contribution in [2.45, 2.75) is 25.8 Å². The molecule has 3 aromatic rings. The van der Waals surface area contributed by atoms with Gasteiger partial charge in [0.2, 0.25) is 5.91 Å². The summed E-state index contributed by atoms with van der Waals surface area (Å²) in [5.41, 5.74) is 2.26. The van der Waals surface area contributed by atoms with Gasteiger partial charge in [0, 0.05) is 25.1 Å². The van der Waals surface area contributed by atoms with Gasteiger partial charge in [0.25, 0.3) is 0 Å². The fraction of sp³-hybridized carbons (Fsp3) is 0.312. The molecule has 1 atom stereocenters. The molecule has 0 saturated carbocycles. The van der Waals surface area contributed by atoms with E-state index in [1.807, 2.05) is 23.1 Å². The molecule has 1 saturated heterocycles. The fourth-order valence-electron chi connectivity index (χ4n) is 3.28. The number of nitrogens with zero attached hydrogens (tertiary/aromatic N) is 4. The van der Waals surface area contributed by atoms with Gasteiger partial charge in [-0.25, -0.2) is 9.97 Å². The van der Waals surface area contributed by atoms with Crippen molar-refractivity contribution in [1.82, 2.24) is 19.6 Å². The number of hydrogen-bond donors (Lipinski definition) is 1. The van der Waals surface area contributed by atoms with Crippen molar-refractivity contribution in [2.75, 3.05) is 6.54 Å². The first kappa shape index (κ1) is 13.1. The summed E-state index contributed by atoms with van der Waals surface area (Å²) < 4.78 is 1.08. The van der Waals surface area contributed by atoms with Crippen LogP contribution in [0.3, 0.4) is 0 Å². The van der Waals surface area contributed by atoms with E-state index in [1.165, 1.54) is 0 Å². The molecule has 0 unspecified atom stereocenters. The first-order valence-corrected chi connectivity index (χ1v) is 7.39. The van der Waals surface area contributed by atoms with Crippen LogP contribution in [0.4, 0.5) is 0 Å². The van der Waals surface area contributed by atoms with E-state index < -0.39 is 0 Å². The number of benzene rings is 1. The van der Waals surface area contributed by atoms with Gasteiger partial charge in [0.05, 0.1) is 17.1 Å². The third kappa shape index (κ3) is 1.83. The van der Waals surface area contributed by atoms with Crippen molar-refractivity contribution < 1.29 is 10.0 Å². The molecule has 22 heavy (non-hydrogen) atoms. The summed E-state index contributed by atoms with van der Waals surface area (Å²) in [6.45, 7) is 2.35. The minimum atomic E-state index is -0.0371. The quantitative estimate of drug-likeness (QED) is 0.700. The van der Waals surface area contributed by atoms with Gasteiger partial charge in [-0.3, -0.25) is 4.79 Å². The summed E-state index contributed by atoms with van der Waals surface area (Å²) in [6, 6.07) is 7.33. The van der Waals surface area contributed by atoms with Crippen molar-refractivity contribution in [3.63, 3.8) is 0 Å². The van der Waals surface area contributed by atoms with Crippen molar-refractivity contribution in [1.29, 1.82) is 0 Å². The van der Waals surface area contributed by atoms with Crippen molar-refractivity contribution in [2.24, 2.45) is 0 Å². The minimum absolute atomic E-state index is 0.0371. The van der Waals surface area contributed by atoms with Crippen LogP contribution < -0.4 is 0 Å². The number of carbonyl (C=O) groups is 1. The molecule has 1 aliphatic rings. The van der Waals surface area contributed by atoms with Crippen LogP contribution in [0.15, 0.2) is 30.5 Å². The normalized spacial score (nSPS) is 18.4. The molecule has 0 aliphatic carbocycles. The highest BCUT2D eigenvalue weighted by atomic mass is 16.5. The molecule has 0 radical (unpaired) electrons. The number of hydrogen-bond acceptors (Lipinski definition) is 4. The standard InChI is InChI=1S/C16H16N4O2/c1-10(21)19-8-3-5-14(19)16-17-12-6-7-13-11(15(12)18-16)4-2-9-20(13)22/h2,4,6-7,9,14,22H,3,5,8H2,1H3/t14-/m1/s1. The zero-order valence-corrected chi connectivity index (χ0v) is 12.2. The first-order chi connectivity index (χ1) is 10.6. The Bertz CT molecular complexity index is 886. The van der Waals surface area contributed by atoms with Gasteiger partial charge in [0.15, 0.2) is 5.82 Å². The lowest BCUT2D eigenvalue weighted by Crippen LogP contribution is -2.28. The molecule has 4 rings (SSSR count). The largest absolute Gasteiger partial charge is 0.428 e. The number of pyridine rings is 1. The molecule has 6 nitrogen and oxygen atoms in total. The number of amides is 1. The molecular formula is C16H16N4O2. The first-order valence-electron chi connectivity index (χ1n) is 7.39. The third-order valence-electron chi connectivity index (χ3n) is 4.33. The minimum Gasteiger partial charge on any atom is -0.428 e. The molecule has 1 amide bonds. The lowest BCUT2D eigenvalue weighted by molar-refractivity contribution is -0.129. The maximum absolute atomic E-state index is 11.7. The molecule has 1 N–H and O–H groups in total. The maximum atomic E-state index is 11.7. The SMILES string of the molecule is CC(=O)N1CCC[C@@H]1c1nc2ccc3c(cccn3O)c2n1. The molecule has 0 bridgehead atoms. The molecular weight excluding hydrogens is 280 g/mol. The molecule has 1 aromatic carbocycles. The summed E-state index contributed by atoms with van der Waals surface area (Å²) in [5.74, 6) is 0.762. The predicted molar refractivity (Wildman–Crippen MR) is 81.6 cm³/mol. The summed E-state index contributed by atoms with van der Waals surface area (Å²) in [6.07, 6.45) is 3.46. The number of aromatic nitrogens is 3. The number of carbonyl (C=O) groups excluding carboxylic acids is 1. The highest BCUT2D eigenvalue weighted by molar-refractivity contribution is 6.02. The smallest absolute Gasteiger partial charge is 0.220 e. The second kappa shape index (κ2) is 4.69. The van der Waals surface area contributed by atoms with Gasteiger partial charge < -0.3 is 10.1 Å². The maximum Gasteiger partial charge on any atom is 0.220 e. The van der Waals surface area contributed by atoms with Crippen molar-refractivity contribution in [3.8, 4) is 0 Å².